The number of hydrogen-bond donors (Lipinski definition) is 2. The average Bonchev–Trinajstić information content (AvgIpc) is 2.67. The van der Waals surface area contributed by atoms with E-state index in [9.17, 15) is 13.6 Å². The van der Waals surface area contributed by atoms with Gasteiger partial charge in [0.2, 0.25) is 0 Å². The van der Waals surface area contributed by atoms with Crippen LogP contribution >= 0.6 is 0 Å². The summed E-state index contributed by atoms with van der Waals surface area (Å²) < 4.78 is 26.7. The highest BCUT2D eigenvalue weighted by Crippen LogP contribution is 2.17. The number of amides is 2. The lowest BCUT2D eigenvalue weighted by atomic mass is 10.2. The van der Waals surface area contributed by atoms with Gasteiger partial charge >= 0.3 is 6.03 Å². The van der Waals surface area contributed by atoms with E-state index in [2.05, 4.69) is 27.4 Å². The largest absolute Gasteiger partial charge is 0.323 e. The number of halogens is 2. The summed E-state index contributed by atoms with van der Waals surface area (Å²) in [6, 6.07) is 9.83. The number of likely N-dealkylation sites (N-methyl/N-ethyl adjacent to an activating group) is 1. The number of nitrogens with zero attached hydrogens (tertiary/aromatic N) is 2. The first-order chi connectivity index (χ1) is 13.0. The van der Waals surface area contributed by atoms with Crippen LogP contribution in [0, 0.1) is 11.6 Å². The van der Waals surface area contributed by atoms with Gasteiger partial charge in [-0.05, 0) is 36.4 Å². The van der Waals surface area contributed by atoms with Crippen molar-refractivity contribution in [2.45, 2.75) is 13.5 Å². The molecule has 27 heavy (non-hydrogen) atoms. The molecule has 2 aromatic rings. The van der Waals surface area contributed by atoms with Gasteiger partial charge in [-0.1, -0.05) is 19.1 Å². The van der Waals surface area contributed by atoms with Crippen LogP contribution in [0.4, 0.5) is 25.0 Å². The van der Waals surface area contributed by atoms with Crippen LogP contribution in [-0.4, -0.2) is 48.6 Å². The fourth-order valence-corrected chi connectivity index (χ4v) is 3.09. The third-order valence-corrected chi connectivity index (χ3v) is 4.71. The predicted molar refractivity (Wildman–Crippen MR) is 103 cm³/mol. The topological polar surface area (TPSA) is 47.6 Å². The van der Waals surface area contributed by atoms with Crippen molar-refractivity contribution in [3.05, 3.63) is 59.7 Å². The minimum atomic E-state index is -0.690. The standard InChI is InChI=1S/C20H24F2N4O/c1-2-25-9-11-26(12-10-25)14-15-3-6-17(7-4-15)23-20(27)24-19-13-16(21)5-8-18(19)22/h3-8,13H,2,9-12,14H2,1H3,(H2,23,24,27). The van der Waals surface area contributed by atoms with Crippen LogP contribution in [0.25, 0.3) is 0 Å². The summed E-state index contributed by atoms with van der Waals surface area (Å²) in [6.07, 6.45) is 0. The van der Waals surface area contributed by atoms with Gasteiger partial charge < -0.3 is 15.5 Å². The average molecular weight is 374 g/mol. The fraction of sp³-hybridized carbons (Fsp3) is 0.350. The van der Waals surface area contributed by atoms with Crippen molar-refractivity contribution in [2.75, 3.05) is 43.4 Å². The van der Waals surface area contributed by atoms with Crippen LogP contribution in [0.1, 0.15) is 12.5 Å². The normalized spacial score (nSPS) is 15.5. The van der Waals surface area contributed by atoms with Crippen LogP contribution in [0.2, 0.25) is 0 Å². The number of nitrogens with one attached hydrogen (secondary N) is 2. The number of rotatable bonds is 5. The first-order valence-corrected chi connectivity index (χ1v) is 9.10. The van der Waals surface area contributed by atoms with E-state index in [0.29, 0.717) is 5.69 Å². The zero-order valence-corrected chi connectivity index (χ0v) is 15.3. The minimum Gasteiger partial charge on any atom is -0.308 e. The fourth-order valence-electron chi connectivity index (χ4n) is 3.09. The zero-order valence-electron chi connectivity index (χ0n) is 15.3. The lowest BCUT2D eigenvalue weighted by Crippen LogP contribution is -2.45. The molecule has 1 aliphatic heterocycles. The Bertz CT molecular complexity index is 774. The molecule has 0 spiro atoms. The molecule has 2 N–H and O–H groups in total. The van der Waals surface area contributed by atoms with E-state index in [1.54, 1.807) is 12.1 Å². The number of anilines is 2. The molecular formula is C20H24F2N4O. The van der Waals surface area contributed by atoms with E-state index in [1.165, 1.54) is 5.56 Å². The lowest BCUT2D eigenvalue weighted by Gasteiger charge is -2.34. The quantitative estimate of drug-likeness (QED) is 0.838. The van der Waals surface area contributed by atoms with Crippen molar-refractivity contribution in [1.82, 2.24) is 9.80 Å². The van der Waals surface area contributed by atoms with Gasteiger partial charge in [0.1, 0.15) is 11.6 Å². The van der Waals surface area contributed by atoms with E-state index in [1.807, 2.05) is 12.1 Å². The second-order valence-corrected chi connectivity index (χ2v) is 6.61. The predicted octanol–water partition coefficient (Wildman–Crippen LogP) is 3.75. The summed E-state index contributed by atoms with van der Waals surface area (Å²) in [6.45, 7) is 8.43. The number of carbonyl (C=O) groups excluding carboxylic acids is 1. The van der Waals surface area contributed by atoms with Crippen LogP contribution < -0.4 is 10.6 Å². The number of urea groups is 1. The molecule has 144 valence electrons. The molecule has 0 radical (unpaired) electrons. The summed E-state index contributed by atoms with van der Waals surface area (Å²) in [5, 5.41) is 4.93. The smallest absolute Gasteiger partial charge is 0.308 e. The number of carbonyl (C=O) groups is 1. The zero-order chi connectivity index (χ0) is 19.2. The number of piperazine rings is 1. The molecule has 1 heterocycles. The monoisotopic (exact) mass is 374 g/mol. The Labute approximate surface area is 158 Å². The SMILES string of the molecule is CCN1CCN(Cc2ccc(NC(=O)Nc3cc(F)ccc3F)cc2)CC1. The van der Waals surface area contributed by atoms with Crippen molar-refractivity contribution >= 4 is 17.4 Å². The molecule has 0 atom stereocenters. The summed E-state index contributed by atoms with van der Waals surface area (Å²) in [4.78, 5) is 16.8. The second-order valence-electron chi connectivity index (χ2n) is 6.61. The van der Waals surface area contributed by atoms with Gasteiger partial charge in [-0.3, -0.25) is 4.90 Å². The highest BCUT2D eigenvalue weighted by atomic mass is 19.1. The third kappa shape index (κ3) is 5.48. The first-order valence-electron chi connectivity index (χ1n) is 9.10. The molecule has 1 fully saturated rings. The summed E-state index contributed by atoms with van der Waals surface area (Å²) in [5.41, 5.74) is 1.56. The Morgan fingerprint density at radius 1 is 0.963 bits per heavy atom. The summed E-state index contributed by atoms with van der Waals surface area (Å²) in [7, 11) is 0. The van der Waals surface area contributed by atoms with E-state index in [0.717, 1.165) is 57.5 Å². The van der Waals surface area contributed by atoms with Gasteiger partial charge in [-0.2, -0.15) is 0 Å². The maximum Gasteiger partial charge on any atom is 0.323 e. The second kappa shape index (κ2) is 8.92. The van der Waals surface area contributed by atoms with Gasteiger partial charge in [0.05, 0.1) is 5.69 Å². The molecule has 1 saturated heterocycles. The highest BCUT2D eigenvalue weighted by molar-refractivity contribution is 5.99. The Morgan fingerprint density at radius 2 is 1.63 bits per heavy atom. The van der Waals surface area contributed by atoms with E-state index in [4.69, 9.17) is 0 Å². The molecule has 5 nitrogen and oxygen atoms in total. The van der Waals surface area contributed by atoms with Crippen LogP contribution in [0.15, 0.2) is 42.5 Å². The lowest BCUT2D eigenvalue weighted by molar-refractivity contribution is 0.132. The Balaban J connectivity index is 1.51. The molecule has 1 aliphatic rings. The van der Waals surface area contributed by atoms with Crippen molar-refractivity contribution in [3.8, 4) is 0 Å². The van der Waals surface area contributed by atoms with E-state index >= 15 is 0 Å². The minimum absolute atomic E-state index is 0.199. The number of hydrogen-bond acceptors (Lipinski definition) is 3. The summed E-state index contributed by atoms with van der Waals surface area (Å²) >= 11 is 0. The highest BCUT2D eigenvalue weighted by Gasteiger charge is 2.15. The van der Waals surface area contributed by atoms with Crippen molar-refractivity contribution in [2.24, 2.45) is 0 Å². The molecule has 2 aromatic carbocycles. The van der Waals surface area contributed by atoms with Gasteiger partial charge in [-0.25, -0.2) is 13.6 Å². The molecule has 2 amide bonds. The molecule has 0 unspecified atom stereocenters. The van der Waals surface area contributed by atoms with Crippen LogP contribution in [0.5, 0.6) is 0 Å². The Morgan fingerprint density at radius 3 is 2.30 bits per heavy atom. The molecule has 0 saturated carbocycles. The third-order valence-electron chi connectivity index (χ3n) is 4.71. The molecule has 7 heteroatoms. The molecule has 3 rings (SSSR count). The Hall–Kier alpha value is -2.51. The Kier molecular flexibility index (Phi) is 6.36. The van der Waals surface area contributed by atoms with Gasteiger partial charge in [-0.15, -0.1) is 0 Å². The van der Waals surface area contributed by atoms with Crippen molar-refractivity contribution < 1.29 is 13.6 Å². The van der Waals surface area contributed by atoms with E-state index < -0.39 is 17.7 Å². The van der Waals surface area contributed by atoms with Gasteiger partial charge in [0, 0.05) is 44.5 Å². The molecule has 0 bridgehead atoms. The van der Waals surface area contributed by atoms with Crippen LogP contribution in [-0.2, 0) is 6.54 Å². The first kappa shape index (κ1) is 19.3. The van der Waals surface area contributed by atoms with Crippen LogP contribution in [0.3, 0.4) is 0 Å². The summed E-state index contributed by atoms with van der Waals surface area (Å²) in [5.74, 6) is -1.30. The molecule has 0 aliphatic carbocycles. The van der Waals surface area contributed by atoms with Crippen molar-refractivity contribution in [1.29, 1.82) is 0 Å². The van der Waals surface area contributed by atoms with Crippen molar-refractivity contribution in [3.63, 3.8) is 0 Å². The van der Waals surface area contributed by atoms with Gasteiger partial charge in [0.15, 0.2) is 0 Å². The maximum absolute atomic E-state index is 13.6. The number of benzene rings is 2. The van der Waals surface area contributed by atoms with Gasteiger partial charge in [0.25, 0.3) is 0 Å². The molecular weight excluding hydrogens is 350 g/mol. The van der Waals surface area contributed by atoms with E-state index in [-0.39, 0.29) is 5.69 Å². The maximum atomic E-state index is 13.6. The molecule has 0 aromatic heterocycles.